The van der Waals surface area contributed by atoms with Crippen LogP contribution in [0.5, 0.6) is 11.5 Å². The van der Waals surface area contributed by atoms with Crippen LogP contribution in [0.2, 0.25) is 10.0 Å². The van der Waals surface area contributed by atoms with E-state index in [1.54, 1.807) is 14.2 Å². The molecular weight excluding hydrogens is 471 g/mol. The summed E-state index contributed by atoms with van der Waals surface area (Å²) >= 11 is 12.5. The second-order valence-corrected chi connectivity index (χ2v) is 8.70. The maximum absolute atomic E-state index is 12.8. The number of halogens is 3. The summed E-state index contributed by atoms with van der Waals surface area (Å²) in [6.07, 6.45) is 2.94. The zero-order valence-electron chi connectivity index (χ0n) is 18.8. The highest BCUT2D eigenvalue weighted by Gasteiger charge is 2.22. The van der Waals surface area contributed by atoms with Crippen LogP contribution in [0, 0.1) is 0 Å². The van der Waals surface area contributed by atoms with E-state index in [1.165, 1.54) is 0 Å². The number of benzene rings is 2. The van der Waals surface area contributed by atoms with E-state index in [0.717, 1.165) is 62.1 Å². The van der Waals surface area contributed by atoms with E-state index in [9.17, 15) is 4.79 Å². The zero-order chi connectivity index (χ0) is 22.4. The standard InChI is InChI=1S/C24H30Cl2N2O3.ClH/c1-27(12-9-19-20(25)6-4-7-21(19)26)10-5-11-28-13-8-17-14-22(30-2)23(31-3)15-18(17)16-24(28)29;/h4,6-7,14-15H,5,8-13,16H2,1-3H3;1H. The molecule has 1 amide bonds. The van der Waals surface area contributed by atoms with Gasteiger partial charge in [-0.3, -0.25) is 4.79 Å². The number of nitrogens with zero attached hydrogens (tertiary/aromatic N) is 2. The molecule has 32 heavy (non-hydrogen) atoms. The number of carbonyl (C=O) groups excluding carboxylic acids is 1. The van der Waals surface area contributed by atoms with Crippen molar-refractivity contribution in [2.24, 2.45) is 0 Å². The quantitative estimate of drug-likeness (QED) is 0.489. The summed E-state index contributed by atoms with van der Waals surface area (Å²) in [7, 11) is 5.34. The van der Waals surface area contributed by atoms with E-state index >= 15 is 0 Å². The summed E-state index contributed by atoms with van der Waals surface area (Å²) in [6, 6.07) is 9.54. The largest absolute Gasteiger partial charge is 0.493 e. The summed E-state index contributed by atoms with van der Waals surface area (Å²) < 4.78 is 10.8. The Kier molecular flexibility index (Phi) is 10.4. The molecule has 0 spiro atoms. The van der Waals surface area contributed by atoms with Crippen molar-refractivity contribution in [2.45, 2.75) is 25.7 Å². The van der Waals surface area contributed by atoms with Crippen LogP contribution in [-0.4, -0.2) is 63.2 Å². The van der Waals surface area contributed by atoms with E-state index in [-0.39, 0.29) is 18.3 Å². The van der Waals surface area contributed by atoms with Gasteiger partial charge in [-0.25, -0.2) is 0 Å². The fourth-order valence-electron chi connectivity index (χ4n) is 3.97. The van der Waals surface area contributed by atoms with Crippen molar-refractivity contribution in [1.82, 2.24) is 9.80 Å². The van der Waals surface area contributed by atoms with Crippen molar-refractivity contribution in [3.63, 3.8) is 0 Å². The van der Waals surface area contributed by atoms with E-state index in [4.69, 9.17) is 32.7 Å². The first-order valence-corrected chi connectivity index (χ1v) is 11.3. The van der Waals surface area contributed by atoms with Gasteiger partial charge in [0.2, 0.25) is 5.91 Å². The van der Waals surface area contributed by atoms with Crippen LogP contribution in [-0.2, 0) is 24.1 Å². The molecule has 0 aromatic heterocycles. The molecule has 0 N–H and O–H groups in total. The lowest BCUT2D eigenvalue weighted by molar-refractivity contribution is -0.130. The highest BCUT2D eigenvalue weighted by Crippen LogP contribution is 2.32. The molecule has 1 aliphatic rings. The number of carbonyl (C=O) groups is 1. The summed E-state index contributed by atoms with van der Waals surface area (Å²) in [5.41, 5.74) is 3.17. The second kappa shape index (κ2) is 12.5. The predicted octanol–water partition coefficient (Wildman–Crippen LogP) is 4.92. The molecule has 0 aliphatic carbocycles. The zero-order valence-corrected chi connectivity index (χ0v) is 21.2. The molecule has 2 aromatic rings. The molecule has 1 aliphatic heterocycles. The van der Waals surface area contributed by atoms with Gasteiger partial charge in [0.05, 0.1) is 20.6 Å². The molecule has 5 nitrogen and oxygen atoms in total. The van der Waals surface area contributed by atoms with Crippen molar-refractivity contribution in [3.8, 4) is 11.5 Å². The summed E-state index contributed by atoms with van der Waals surface area (Å²) in [4.78, 5) is 17.0. The first-order chi connectivity index (χ1) is 14.9. The Morgan fingerprint density at radius 1 is 1.03 bits per heavy atom. The Balaban J connectivity index is 0.00000363. The second-order valence-electron chi connectivity index (χ2n) is 7.89. The van der Waals surface area contributed by atoms with Gasteiger partial charge in [-0.05, 0) is 73.8 Å². The van der Waals surface area contributed by atoms with Crippen LogP contribution in [0.25, 0.3) is 0 Å². The third-order valence-electron chi connectivity index (χ3n) is 5.82. The molecule has 1 heterocycles. The number of likely N-dealkylation sites (N-methyl/N-ethyl adjacent to an activating group) is 1. The first-order valence-electron chi connectivity index (χ1n) is 10.6. The van der Waals surface area contributed by atoms with Crippen LogP contribution >= 0.6 is 35.6 Å². The molecule has 3 rings (SSSR count). The van der Waals surface area contributed by atoms with Gasteiger partial charge in [-0.2, -0.15) is 0 Å². The van der Waals surface area contributed by atoms with Crippen LogP contribution in [0.3, 0.4) is 0 Å². The predicted molar refractivity (Wildman–Crippen MR) is 133 cm³/mol. The Hall–Kier alpha value is -1.66. The summed E-state index contributed by atoms with van der Waals surface area (Å²) in [6.45, 7) is 3.24. The minimum Gasteiger partial charge on any atom is -0.493 e. The lowest BCUT2D eigenvalue weighted by atomic mass is 10.0. The molecule has 176 valence electrons. The maximum atomic E-state index is 12.8. The number of hydrogen-bond donors (Lipinski definition) is 0. The molecule has 0 fully saturated rings. The van der Waals surface area contributed by atoms with Crippen molar-refractivity contribution >= 4 is 41.5 Å². The van der Waals surface area contributed by atoms with Crippen LogP contribution in [0.1, 0.15) is 23.1 Å². The Bertz CT molecular complexity index is 903. The van der Waals surface area contributed by atoms with E-state index < -0.39 is 0 Å². The maximum Gasteiger partial charge on any atom is 0.227 e. The fraction of sp³-hybridized carbons (Fsp3) is 0.458. The van der Waals surface area contributed by atoms with Crippen LogP contribution in [0.15, 0.2) is 30.3 Å². The van der Waals surface area contributed by atoms with E-state index in [1.807, 2.05) is 35.2 Å². The van der Waals surface area contributed by atoms with Gasteiger partial charge in [0, 0.05) is 29.7 Å². The topological polar surface area (TPSA) is 42.0 Å². The lowest BCUT2D eigenvalue weighted by Gasteiger charge is -2.23. The lowest BCUT2D eigenvalue weighted by Crippen LogP contribution is -2.35. The number of ether oxygens (including phenoxy) is 2. The van der Waals surface area contributed by atoms with Gasteiger partial charge in [0.1, 0.15) is 0 Å². The van der Waals surface area contributed by atoms with Gasteiger partial charge in [-0.1, -0.05) is 29.3 Å². The van der Waals surface area contributed by atoms with Gasteiger partial charge < -0.3 is 19.3 Å². The van der Waals surface area contributed by atoms with Crippen molar-refractivity contribution in [2.75, 3.05) is 47.4 Å². The highest BCUT2D eigenvalue weighted by atomic mass is 35.5. The van der Waals surface area contributed by atoms with Gasteiger partial charge >= 0.3 is 0 Å². The monoisotopic (exact) mass is 500 g/mol. The van der Waals surface area contributed by atoms with Crippen LogP contribution < -0.4 is 9.47 Å². The molecule has 0 atom stereocenters. The number of hydrogen-bond acceptors (Lipinski definition) is 4. The number of rotatable bonds is 9. The molecule has 2 aromatic carbocycles. The van der Waals surface area contributed by atoms with E-state index in [0.29, 0.717) is 28.0 Å². The third-order valence-corrected chi connectivity index (χ3v) is 6.53. The Morgan fingerprint density at radius 2 is 1.66 bits per heavy atom. The molecule has 0 saturated carbocycles. The third kappa shape index (κ3) is 6.67. The van der Waals surface area contributed by atoms with E-state index in [2.05, 4.69) is 11.9 Å². The van der Waals surface area contributed by atoms with Crippen molar-refractivity contribution in [3.05, 3.63) is 57.1 Å². The highest BCUT2D eigenvalue weighted by molar-refractivity contribution is 6.35. The molecular formula is C24H31Cl3N2O3. The molecule has 8 heteroatoms. The van der Waals surface area contributed by atoms with Gasteiger partial charge in [0.25, 0.3) is 0 Å². The smallest absolute Gasteiger partial charge is 0.227 e. The van der Waals surface area contributed by atoms with Gasteiger partial charge in [-0.15, -0.1) is 12.4 Å². The van der Waals surface area contributed by atoms with Crippen LogP contribution in [0.4, 0.5) is 0 Å². The molecule has 0 radical (unpaired) electrons. The average Bonchev–Trinajstić information content (AvgIpc) is 2.90. The molecule has 0 saturated heterocycles. The van der Waals surface area contributed by atoms with Crippen molar-refractivity contribution in [1.29, 1.82) is 0 Å². The Labute approximate surface area is 207 Å². The number of fused-ring (bicyclic) bond motifs is 1. The molecule has 0 bridgehead atoms. The minimum atomic E-state index is 0. The van der Waals surface area contributed by atoms with Gasteiger partial charge in [0.15, 0.2) is 11.5 Å². The number of methoxy groups -OCH3 is 2. The number of amides is 1. The minimum absolute atomic E-state index is 0. The SMILES string of the molecule is COc1cc2c(cc1OC)CC(=O)N(CCCN(C)CCc1c(Cl)cccc1Cl)CC2.Cl. The Morgan fingerprint density at radius 3 is 2.28 bits per heavy atom. The average molecular weight is 502 g/mol. The van der Waals surface area contributed by atoms with Crippen molar-refractivity contribution < 1.29 is 14.3 Å². The fourth-order valence-corrected chi connectivity index (χ4v) is 4.56. The summed E-state index contributed by atoms with van der Waals surface area (Å²) in [5.74, 6) is 1.54. The summed E-state index contributed by atoms with van der Waals surface area (Å²) in [5, 5.41) is 1.42. The first kappa shape index (κ1) is 26.6. The normalized spacial score (nSPS) is 13.4. The molecule has 0 unspecified atom stereocenters.